The zero-order valence-corrected chi connectivity index (χ0v) is 13.3. The van der Waals surface area contributed by atoms with Gasteiger partial charge in [0.2, 0.25) is 0 Å². The summed E-state index contributed by atoms with van der Waals surface area (Å²) < 4.78 is 14.5. The molecule has 21 heavy (non-hydrogen) atoms. The Morgan fingerprint density at radius 2 is 2.10 bits per heavy atom. The molecule has 0 atom stereocenters. The van der Waals surface area contributed by atoms with Crippen molar-refractivity contribution in [3.8, 4) is 0 Å². The number of rotatable bonds is 1. The molecule has 0 radical (unpaired) electrons. The molecule has 0 aliphatic carbocycles. The van der Waals surface area contributed by atoms with Crippen LogP contribution in [-0.4, -0.2) is 12.5 Å². The predicted octanol–water partition coefficient (Wildman–Crippen LogP) is 4.49. The van der Waals surface area contributed by atoms with E-state index in [0.29, 0.717) is 11.0 Å². The van der Waals surface area contributed by atoms with E-state index >= 15 is 0 Å². The van der Waals surface area contributed by atoms with Crippen molar-refractivity contribution in [3.63, 3.8) is 0 Å². The quantitative estimate of drug-likeness (QED) is 0.744. The normalized spacial score (nSPS) is 14.0. The molecule has 0 saturated carbocycles. The Morgan fingerprint density at radius 3 is 2.86 bits per heavy atom. The maximum Gasteiger partial charge on any atom is 0.262 e. The third kappa shape index (κ3) is 2.60. The second kappa shape index (κ2) is 5.60. The van der Waals surface area contributed by atoms with Gasteiger partial charge in [-0.2, -0.15) is 0 Å². The van der Waals surface area contributed by atoms with Crippen LogP contribution in [0.25, 0.3) is 0 Å². The molecule has 0 N–H and O–H groups in total. The fourth-order valence-corrected chi connectivity index (χ4v) is 3.29. The van der Waals surface area contributed by atoms with Gasteiger partial charge in [-0.3, -0.25) is 4.79 Å². The molecule has 1 heterocycles. The van der Waals surface area contributed by atoms with Crippen LogP contribution in [0.5, 0.6) is 0 Å². The van der Waals surface area contributed by atoms with E-state index in [1.54, 1.807) is 17.0 Å². The number of aryl methyl sites for hydroxylation is 2. The predicted molar refractivity (Wildman–Crippen MR) is 85.3 cm³/mol. The van der Waals surface area contributed by atoms with Gasteiger partial charge in [-0.15, -0.1) is 0 Å². The Kier molecular flexibility index (Phi) is 3.81. The van der Waals surface area contributed by atoms with Crippen molar-refractivity contribution in [2.45, 2.75) is 19.8 Å². The van der Waals surface area contributed by atoms with Gasteiger partial charge in [0, 0.05) is 16.7 Å². The molecule has 1 aliphatic heterocycles. The highest BCUT2D eigenvalue weighted by atomic mass is 79.9. The van der Waals surface area contributed by atoms with Crippen molar-refractivity contribution in [2.75, 3.05) is 11.4 Å². The lowest BCUT2D eigenvalue weighted by atomic mass is 9.99. The summed E-state index contributed by atoms with van der Waals surface area (Å²) in [6, 6.07) is 10.6. The van der Waals surface area contributed by atoms with Crippen LogP contribution in [0.15, 0.2) is 40.9 Å². The summed E-state index contributed by atoms with van der Waals surface area (Å²) in [7, 11) is 0. The van der Waals surface area contributed by atoms with Crippen LogP contribution < -0.4 is 4.90 Å². The first-order chi connectivity index (χ1) is 10.1. The summed E-state index contributed by atoms with van der Waals surface area (Å²) in [5.74, 6) is -0.779. The van der Waals surface area contributed by atoms with E-state index in [4.69, 9.17) is 0 Å². The summed E-state index contributed by atoms with van der Waals surface area (Å²) in [6.07, 6.45) is 1.85. The fraction of sp³-hybridized carbons (Fsp3) is 0.235. The number of hydrogen-bond donors (Lipinski definition) is 0. The Hall–Kier alpha value is -1.68. The van der Waals surface area contributed by atoms with Crippen molar-refractivity contribution in [2.24, 2.45) is 0 Å². The number of nitrogens with zero attached hydrogens (tertiary/aromatic N) is 1. The summed E-state index contributed by atoms with van der Waals surface area (Å²) in [6.45, 7) is 2.66. The first-order valence-corrected chi connectivity index (χ1v) is 7.72. The van der Waals surface area contributed by atoms with Crippen LogP contribution >= 0.6 is 15.9 Å². The van der Waals surface area contributed by atoms with Crippen LogP contribution in [0.1, 0.15) is 27.9 Å². The number of amides is 1. The van der Waals surface area contributed by atoms with Gasteiger partial charge in [0.1, 0.15) is 5.82 Å². The number of carbonyl (C=O) groups excluding carboxylic acids is 1. The summed E-state index contributed by atoms with van der Waals surface area (Å²) in [5, 5.41) is 0. The summed E-state index contributed by atoms with van der Waals surface area (Å²) >= 11 is 3.28. The molecule has 0 saturated heterocycles. The first kappa shape index (κ1) is 14.3. The smallest absolute Gasteiger partial charge is 0.262 e. The molecule has 1 aliphatic rings. The highest BCUT2D eigenvalue weighted by molar-refractivity contribution is 9.10. The molecule has 2 aromatic rings. The molecule has 0 spiro atoms. The minimum absolute atomic E-state index is 0.103. The lowest BCUT2D eigenvalue weighted by Gasteiger charge is -2.30. The molecule has 2 nitrogen and oxygen atoms in total. The number of benzene rings is 2. The molecular weight excluding hydrogens is 333 g/mol. The number of fused-ring (bicyclic) bond motifs is 1. The number of halogens is 2. The van der Waals surface area contributed by atoms with E-state index in [2.05, 4.69) is 22.0 Å². The van der Waals surface area contributed by atoms with Gasteiger partial charge in [0.15, 0.2) is 0 Å². The van der Waals surface area contributed by atoms with Gasteiger partial charge >= 0.3 is 0 Å². The van der Waals surface area contributed by atoms with Crippen LogP contribution in [0.2, 0.25) is 0 Å². The number of anilines is 1. The molecule has 0 aromatic heterocycles. The monoisotopic (exact) mass is 347 g/mol. The molecule has 108 valence electrons. The van der Waals surface area contributed by atoms with Crippen LogP contribution in [0.3, 0.4) is 0 Å². The summed E-state index contributed by atoms with van der Waals surface area (Å²) in [4.78, 5) is 14.4. The van der Waals surface area contributed by atoms with Gasteiger partial charge in [0.05, 0.1) is 5.56 Å². The molecule has 4 heteroatoms. The second-order valence-corrected chi connectivity index (χ2v) is 6.14. The Morgan fingerprint density at radius 1 is 1.29 bits per heavy atom. The average molecular weight is 348 g/mol. The molecule has 3 rings (SSSR count). The molecule has 1 amide bonds. The third-order valence-corrected chi connectivity index (χ3v) is 4.44. The highest BCUT2D eigenvalue weighted by Crippen LogP contribution is 2.31. The first-order valence-electron chi connectivity index (χ1n) is 6.93. The van der Waals surface area contributed by atoms with Gasteiger partial charge in [-0.25, -0.2) is 4.39 Å². The Bertz CT molecular complexity index is 694. The average Bonchev–Trinajstić information content (AvgIpc) is 2.46. The van der Waals surface area contributed by atoms with Crippen molar-refractivity contribution in [3.05, 3.63) is 63.4 Å². The minimum atomic E-state index is -0.492. The van der Waals surface area contributed by atoms with Crippen LogP contribution in [0, 0.1) is 12.7 Å². The van der Waals surface area contributed by atoms with Gasteiger partial charge in [-0.05, 0) is 59.5 Å². The van der Waals surface area contributed by atoms with E-state index in [1.165, 1.54) is 11.6 Å². The van der Waals surface area contributed by atoms with E-state index in [9.17, 15) is 9.18 Å². The van der Waals surface area contributed by atoms with Crippen molar-refractivity contribution < 1.29 is 9.18 Å². The van der Waals surface area contributed by atoms with E-state index in [-0.39, 0.29) is 11.5 Å². The topological polar surface area (TPSA) is 20.3 Å². The second-order valence-electron chi connectivity index (χ2n) is 5.29. The standard InChI is InChI=1S/C17H15BrFNO/c1-11-7-8-15-12(10-11)4-3-9-20(15)17(21)16-13(18)5-2-6-14(16)19/h2,5-8,10H,3-4,9H2,1H3. The van der Waals surface area contributed by atoms with Crippen molar-refractivity contribution >= 4 is 27.5 Å². The van der Waals surface area contributed by atoms with E-state index in [0.717, 1.165) is 24.1 Å². The lowest BCUT2D eigenvalue weighted by molar-refractivity contribution is 0.0980. The molecular formula is C17H15BrFNO. The summed E-state index contributed by atoms with van der Waals surface area (Å²) in [5.41, 5.74) is 3.33. The Labute approximate surface area is 131 Å². The fourth-order valence-electron chi connectivity index (χ4n) is 2.77. The minimum Gasteiger partial charge on any atom is -0.308 e. The number of carbonyl (C=O) groups is 1. The van der Waals surface area contributed by atoms with Gasteiger partial charge in [-0.1, -0.05) is 23.8 Å². The van der Waals surface area contributed by atoms with Crippen molar-refractivity contribution in [1.29, 1.82) is 0 Å². The van der Waals surface area contributed by atoms with E-state index < -0.39 is 5.82 Å². The molecule has 0 fully saturated rings. The van der Waals surface area contributed by atoms with Crippen LogP contribution in [0.4, 0.5) is 10.1 Å². The maximum absolute atomic E-state index is 14.0. The van der Waals surface area contributed by atoms with Crippen molar-refractivity contribution in [1.82, 2.24) is 0 Å². The van der Waals surface area contributed by atoms with E-state index in [1.807, 2.05) is 19.1 Å². The zero-order valence-electron chi connectivity index (χ0n) is 11.7. The van der Waals surface area contributed by atoms with Gasteiger partial charge < -0.3 is 4.90 Å². The van der Waals surface area contributed by atoms with Crippen LogP contribution in [-0.2, 0) is 6.42 Å². The largest absolute Gasteiger partial charge is 0.308 e. The number of hydrogen-bond acceptors (Lipinski definition) is 1. The molecule has 0 bridgehead atoms. The lowest BCUT2D eigenvalue weighted by Crippen LogP contribution is -2.36. The SMILES string of the molecule is Cc1ccc2c(c1)CCCN2C(=O)c1c(F)cccc1Br. The molecule has 2 aromatic carbocycles. The highest BCUT2D eigenvalue weighted by Gasteiger charge is 2.26. The molecule has 0 unspecified atom stereocenters. The maximum atomic E-state index is 14.0. The van der Waals surface area contributed by atoms with Gasteiger partial charge in [0.25, 0.3) is 5.91 Å². The third-order valence-electron chi connectivity index (χ3n) is 3.78. The zero-order chi connectivity index (χ0) is 15.0. The Balaban J connectivity index is 2.05.